The molecular formula is C15H23FN2O16P2. The van der Waals surface area contributed by atoms with Crippen LogP contribution in [0.1, 0.15) is 6.23 Å². The van der Waals surface area contributed by atoms with E-state index in [4.69, 9.17) is 14.6 Å². The van der Waals surface area contributed by atoms with Crippen LogP contribution in [0, 0.1) is 0 Å². The third-order valence-electron chi connectivity index (χ3n) is 5.11. The molecule has 0 amide bonds. The number of halogens is 1. The van der Waals surface area contributed by atoms with E-state index < -0.39 is 95.4 Å². The zero-order valence-electron chi connectivity index (χ0n) is 17.8. The lowest BCUT2D eigenvalue weighted by atomic mass is 10.0. The topological polar surface area (TPSA) is 277 Å². The number of rotatable bonds is 9. The van der Waals surface area contributed by atoms with Crippen LogP contribution >= 0.6 is 15.6 Å². The average Bonchev–Trinajstić information content (AvgIpc) is 3.06. The number of phosphoric ester groups is 2. The van der Waals surface area contributed by atoms with Gasteiger partial charge < -0.3 is 44.8 Å². The van der Waals surface area contributed by atoms with Crippen molar-refractivity contribution >= 4 is 15.6 Å². The smallest absolute Gasteiger partial charge is 0.394 e. The first-order valence-corrected chi connectivity index (χ1v) is 12.9. The number of nitrogens with one attached hydrogen (secondary N) is 1. The van der Waals surface area contributed by atoms with Gasteiger partial charge in [0.05, 0.1) is 13.2 Å². The molecule has 0 saturated carbocycles. The van der Waals surface area contributed by atoms with Crippen LogP contribution in [0.3, 0.4) is 0 Å². The fraction of sp³-hybridized carbons (Fsp3) is 0.733. The molecule has 0 aliphatic carbocycles. The number of aliphatic hydroxyl groups excluding tert-OH is 5. The minimum Gasteiger partial charge on any atom is -0.394 e. The van der Waals surface area contributed by atoms with Crippen molar-refractivity contribution in [3.63, 3.8) is 0 Å². The van der Waals surface area contributed by atoms with Gasteiger partial charge in [-0.15, -0.1) is 0 Å². The summed E-state index contributed by atoms with van der Waals surface area (Å²) in [4.78, 5) is 44.4. The Morgan fingerprint density at radius 2 is 1.67 bits per heavy atom. The van der Waals surface area contributed by atoms with E-state index in [1.807, 2.05) is 4.98 Å². The van der Waals surface area contributed by atoms with Crippen molar-refractivity contribution in [2.45, 2.75) is 55.3 Å². The van der Waals surface area contributed by atoms with Gasteiger partial charge in [0.2, 0.25) is 0 Å². The van der Waals surface area contributed by atoms with Gasteiger partial charge in [-0.2, -0.15) is 4.31 Å². The molecule has 3 heterocycles. The molecule has 206 valence electrons. The molecule has 2 saturated heterocycles. The monoisotopic (exact) mass is 567 g/mol. The predicted octanol–water partition coefficient (Wildman–Crippen LogP) is -3.82. The van der Waals surface area contributed by atoms with E-state index in [9.17, 15) is 53.3 Å². The SMILES string of the molecule is O=c1ccn([C@@H]2O[C@H](COP(=O)(O)OP(=O)(O)O[C@H]3O[C@H](CO)[C@@H]([18F])[C@H](O)[C@H]3O)[C@@H](O)[C@H]2O)c(=O)[nH]1. The molecule has 0 bridgehead atoms. The molecular weight excluding hydrogens is 544 g/mol. The number of aromatic nitrogens is 2. The molecule has 2 aliphatic rings. The quantitative estimate of drug-likeness (QED) is 0.133. The van der Waals surface area contributed by atoms with Crippen LogP contribution in [0.4, 0.5) is 4.39 Å². The number of alkyl halides is 1. The number of H-pyrrole nitrogens is 1. The van der Waals surface area contributed by atoms with Gasteiger partial charge >= 0.3 is 21.3 Å². The maximum Gasteiger partial charge on any atom is 0.483 e. The minimum atomic E-state index is -5.63. The van der Waals surface area contributed by atoms with E-state index in [2.05, 4.69) is 13.4 Å². The number of nitrogens with zero attached hydrogens (tertiary/aromatic N) is 1. The molecule has 18 nitrogen and oxygen atoms in total. The van der Waals surface area contributed by atoms with Crippen LogP contribution in [0.15, 0.2) is 21.9 Å². The van der Waals surface area contributed by atoms with Crippen LogP contribution in [-0.2, 0) is 32.0 Å². The highest BCUT2D eigenvalue weighted by molar-refractivity contribution is 7.61. The summed E-state index contributed by atoms with van der Waals surface area (Å²) in [6, 6.07) is 0.921. The van der Waals surface area contributed by atoms with E-state index in [0.717, 1.165) is 12.3 Å². The molecule has 36 heavy (non-hydrogen) atoms. The van der Waals surface area contributed by atoms with E-state index in [-0.39, 0.29) is 0 Å². The van der Waals surface area contributed by atoms with Gasteiger partial charge in [-0.1, -0.05) is 0 Å². The van der Waals surface area contributed by atoms with Crippen molar-refractivity contribution in [1.29, 1.82) is 0 Å². The highest BCUT2D eigenvalue weighted by Gasteiger charge is 2.50. The Morgan fingerprint density at radius 1 is 1.00 bits per heavy atom. The molecule has 2 aliphatic heterocycles. The second-order valence-electron chi connectivity index (χ2n) is 7.63. The number of phosphoric acid groups is 2. The molecule has 0 spiro atoms. The summed E-state index contributed by atoms with van der Waals surface area (Å²) in [6.45, 7) is -2.07. The zero-order valence-corrected chi connectivity index (χ0v) is 19.6. The summed E-state index contributed by atoms with van der Waals surface area (Å²) in [7, 11) is -11.1. The van der Waals surface area contributed by atoms with Crippen LogP contribution in [0.25, 0.3) is 0 Å². The van der Waals surface area contributed by atoms with Crippen LogP contribution < -0.4 is 11.2 Å². The summed E-state index contributed by atoms with van der Waals surface area (Å²) in [6.07, 6.45) is -16.6. The van der Waals surface area contributed by atoms with Gasteiger partial charge in [0.15, 0.2) is 18.7 Å². The Hall–Kier alpha value is -1.41. The molecule has 21 heteroatoms. The van der Waals surface area contributed by atoms with Gasteiger partial charge in [0.1, 0.15) is 36.6 Å². The van der Waals surface area contributed by atoms with E-state index in [0.29, 0.717) is 4.57 Å². The first-order valence-electron chi connectivity index (χ1n) is 9.95. The summed E-state index contributed by atoms with van der Waals surface area (Å²) in [5.74, 6) is 0. The number of ether oxygens (including phenoxy) is 2. The van der Waals surface area contributed by atoms with E-state index >= 15 is 0 Å². The van der Waals surface area contributed by atoms with Gasteiger partial charge in [0.25, 0.3) is 5.56 Å². The second-order valence-corrected chi connectivity index (χ2v) is 10.6. The fourth-order valence-electron chi connectivity index (χ4n) is 3.32. The summed E-state index contributed by atoms with van der Waals surface area (Å²) >= 11 is 0. The largest absolute Gasteiger partial charge is 0.483 e. The third-order valence-corrected chi connectivity index (χ3v) is 7.71. The Labute approximate surface area is 199 Å². The molecule has 2 fully saturated rings. The van der Waals surface area contributed by atoms with Crippen molar-refractivity contribution < 1.29 is 71.7 Å². The maximum absolute atomic E-state index is 13.8. The molecule has 11 atom stereocenters. The summed E-state index contributed by atoms with van der Waals surface area (Å²) in [5, 5.41) is 48.6. The maximum atomic E-state index is 13.8. The Kier molecular flexibility index (Phi) is 9.02. The first kappa shape index (κ1) is 29.2. The van der Waals surface area contributed by atoms with E-state index in [1.165, 1.54) is 0 Å². The number of aliphatic hydroxyl groups is 5. The highest BCUT2D eigenvalue weighted by atomic mass is 31.3. The zero-order chi connectivity index (χ0) is 27.0. The molecule has 2 unspecified atom stereocenters. The third kappa shape index (κ3) is 6.53. The van der Waals surface area contributed by atoms with Gasteiger partial charge in [-0.05, 0) is 0 Å². The second kappa shape index (κ2) is 11.1. The summed E-state index contributed by atoms with van der Waals surface area (Å²) in [5.41, 5.74) is -1.76. The standard InChI is InChI=1S/C15H23FN2O16P2/c16-8-5(3-19)32-14(12(24)10(8)22)33-36(28,29)34-35(26,27)30-4-6-9(21)11(23)13(31-6)18-2-1-7(20)17-15(18)25/h1-2,5-6,8-14,19,21-24H,3-4H2,(H,26,27)(H,28,29)(H,17,20,25)/t5-,6-,8-,9-,10+,11-,12-,13-,14-/m1/s1/i16-1. The van der Waals surface area contributed by atoms with Crippen molar-refractivity contribution in [3.8, 4) is 0 Å². The van der Waals surface area contributed by atoms with Crippen molar-refractivity contribution in [2.75, 3.05) is 13.2 Å². The molecule has 1 aromatic heterocycles. The molecule has 3 rings (SSSR count). The molecule has 8 N–H and O–H groups in total. The lowest BCUT2D eigenvalue weighted by Gasteiger charge is -2.38. The van der Waals surface area contributed by atoms with Crippen molar-refractivity contribution in [3.05, 3.63) is 33.1 Å². The molecule has 0 aromatic carbocycles. The lowest BCUT2D eigenvalue weighted by Crippen LogP contribution is -2.57. The van der Waals surface area contributed by atoms with Gasteiger partial charge in [0, 0.05) is 12.3 Å². The first-order chi connectivity index (χ1) is 16.7. The van der Waals surface area contributed by atoms with Crippen LogP contribution in [0.2, 0.25) is 0 Å². The van der Waals surface area contributed by atoms with Crippen LogP contribution in [-0.4, -0.2) is 107 Å². The lowest BCUT2D eigenvalue weighted by molar-refractivity contribution is -0.268. The Bertz CT molecular complexity index is 1130. The molecule has 1 aromatic rings. The van der Waals surface area contributed by atoms with Gasteiger partial charge in [-0.3, -0.25) is 23.4 Å². The van der Waals surface area contributed by atoms with Crippen molar-refractivity contribution in [1.82, 2.24) is 9.55 Å². The number of aromatic amines is 1. The summed E-state index contributed by atoms with van der Waals surface area (Å²) < 4.78 is 61.5. The average molecular weight is 567 g/mol. The number of hydrogen-bond donors (Lipinski definition) is 8. The Morgan fingerprint density at radius 3 is 2.28 bits per heavy atom. The molecule has 0 radical (unpaired) electrons. The predicted molar refractivity (Wildman–Crippen MR) is 108 cm³/mol. The van der Waals surface area contributed by atoms with Crippen molar-refractivity contribution in [2.24, 2.45) is 0 Å². The van der Waals surface area contributed by atoms with E-state index in [1.54, 1.807) is 0 Å². The normalized spacial score (nSPS) is 38.4. The minimum absolute atomic E-state index is 0.714. The highest BCUT2D eigenvalue weighted by Crippen LogP contribution is 2.61. The van der Waals surface area contributed by atoms with Gasteiger partial charge in [-0.25, -0.2) is 18.3 Å². The van der Waals surface area contributed by atoms with Crippen LogP contribution in [0.5, 0.6) is 0 Å². The fourth-order valence-corrected chi connectivity index (χ4v) is 5.48. The Balaban J connectivity index is 1.61. The number of hydrogen-bond acceptors (Lipinski definition) is 14.